The zero-order valence-corrected chi connectivity index (χ0v) is 19.9. The SMILES string of the molecule is O=[N+]([O-])OC(n1ccnc1)C(OCCCOc1ccc(Cl)cc1)(O[N+](=O)[O-])c1ccc(Cl)cc1Cl. The number of halogens is 3. The van der Waals surface area contributed by atoms with E-state index in [9.17, 15) is 20.2 Å². The number of benzene rings is 2. The summed E-state index contributed by atoms with van der Waals surface area (Å²) in [6, 6.07) is 10.6. The van der Waals surface area contributed by atoms with Crippen LogP contribution in [0.3, 0.4) is 0 Å². The van der Waals surface area contributed by atoms with Gasteiger partial charge in [-0.25, -0.2) is 4.98 Å². The molecule has 3 aromatic rings. The Labute approximate surface area is 213 Å². The highest BCUT2D eigenvalue weighted by Crippen LogP contribution is 2.43. The van der Waals surface area contributed by atoms with Crippen LogP contribution in [-0.2, 0) is 20.2 Å². The lowest BCUT2D eigenvalue weighted by Crippen LogP contribution is -2.46. The van der Waals surface area contributed by atoms with Crippen molar-refractivity contribution in [3.8, 4) is 5.75 Å². The maximum atomic E-state index is 11.6. The third-order valence-electron chi connectivity index (χ3n) is 4.51. The first-order valence-electron chi connectivity index (χ1n) is 9.81. The van der Waals surface area contributed by atoms with Crippen molar-refractivity contribution in [2.75, 3.05) is 13.2 Å². The first-order chi connectivity index (χ1) is 16.7. The predicted octanol–water partition coefficient (Wildman–Crippen LogP) is 5.10. The maximum absolute atomic E-state index is 11.6. The van der Waals surface area contributed by atoms with Crippen molar-refractivity contribution < 1.29 is 29.3 Å². The molecule has 3 rings (SSSR count). The monoisotopic (exact) mass is 546 g/mol. The van der Waals surface area contributed by atoms with Crippen molar-refractivity contribution >= 4 is 34.8 Å². The second-order valence-electron chi connectivity index (χ2n) is 6.80. The van der Waals surface area contributed by atoms with Crippen molar-refractivity contribution in [2.45, 2.75) is 18.4 Å². The summed E-state index contributed by atoms with van der Waals surface area (Å²) in [4.78, 5) is 36.5. The summed E-state index contributed by atoms with van der Waals surface area (Å²) in [6.45, 7) is -0.0803. The molecule has 2 atom stereocenters. The van der Waals surface area contributed by atoms with Gasteiger partial charge in [-0.3, -0.25) is 9.68 Å². The maximum Gasteiger partial charge on any atom is 0.297 e. The number of aromatic nitrogens is 2. The van der Waals surface area contributed by atoms with E-state index in [0.717, 1.165) is 10.9 Å². The van der Waals surface area contributed by atoms with E-state index in [-0.39, 0.29) is 35.2 Å². The Bertz CT molecular complexity index is 1150. The highest BCUT2D eigenvalue weighted by molar-refractivity contribution is 6.35. The molecule has 2 unspecified atom stereocenters. The van der Waals surface area contributed by atoms with Crippen molar-refractivity contribution in [2.24, 2.45) is 0 Å². The van der Waals surface area contributed by atoms with Gasteiger partial charge in [0.15, 0.2) is 0 Å². The molecule has 2 aromatic carbocycles. The Morgan fingerprint density at radius 1 is 1.00 bits per heavy atom. The van der Waals surface area contributed by atoms with Crippen LogP contribution in [0.25, 0.3) is 0 Å². The Hall–Kier alpha value is -3.32. The Morgan fingerprint density at radius 2 is 1.71 bits per heavy atom. The third-order valence-corrected chi connectivity index (χ3v) is 5.31. The van der Waals surface area contributed by atoms with Crippen LogP contribution in [0.5, 0.6) is 5.75 Å². The van der Waals surface area contributed by atoms with Gasteiger partial charge < -0.3 is 14.0 Å². The van der Waals surface area contributed by atoms with E-state index in [1.807, 2.05) is 0 Å². The molecule has 0 spiro atoms. The molecule has 15 heteroatoms. The second kappa shape index (κ2) is 11.9. The molecule has 0 saturated heterocycles. The van der Waals surface area contributed by atoms with E-state index in [1.54, 1.807) is 24.3 Å². The molecule has 0 saturated carbocycles. The molecule has 0 N–H and O–H groups in total. The topological polar surface area (TPSA) is 141 Å². The molecule has 12 nitrogen and oxygen atoms in total. The Balaban J connectivity index is 1.94. The zero-order valence-electron chi connectivity index (χ0n) is 17.7. The molecule has 35 heavy (non-hydrogen) atoms. The number of nitrogens with zero attached hydrogens (tertiary/aromatic N) is 4. The largest absolute Gasteiger partial charge is 0.494 e. The number of ether oxygens (including phenoxy) is 2. The molecule has 0 aliphatic rings. The molecule has 0 aliphatic carbocycles. The molecule has 0 aliphatic heterocycles. The number of imidazole rings is 1. The lowest BCUT2D eigenvalue weighted by Gasteiger charge is -2.37. The van der Waals surface area contributed by atoms with Crippen LogP contribution < -0.4 is 4.74 Å². The van der Waals surface area contributed by atoms with Crippen LogP contribution in [0.2, 0.25) is 15.1 Å². The number of hydrogen-bond acceptors (Lipinski definition) is 9. The fourth-order valence-corrected chi connectivity index (χ4v) is 3.76. The number of hydrogen-bond donors (Lipinski definition) is 0. The lowest BCUT2D eigenvalue weighted by atomic mass is 10.0. The average molecular weight is 548 g/mol. The molecule has 186 valence electrons. The predicted molar refractivity (Wildman–Crippen MR) is 123 cm³/mol. The first kappa shape index (κ1) is 26.3. The molecular formula is C20H17Cl3N4O8. The summed E-state index contributed by atoms with van der Waals surface area (Å²) in [5, 5.41) is 21.3. The van der Waals surface area contributed by atoms with Gasteiger partial charge in [0, 0.05) is 34.4 Å². The summed E-state index contributed by atoms with van der Waals surface area (Å²) in [6.07, 6.45) is 2.05. The highest BCUT2D eigenvalue weighted by atomic mass is 35.5. The van der Waals surface area contributed by atoms with Gasteiger partial charge >= 0.3 is 0 Å². The van der Waals surface area contributed by atoms with E-state index >= 15 is 0 Å². The van der Waals surface area contributed by atoms with Crippen molar-refractivity contribution in [3.05, 3.63) is 102 Å². The quantitative estimate of drug-likeness (QED) is 0.124. The van der Waals surface area contributed by atoms with Crippen LogP contribution in [0, 0.1) is 20.2 Å². The van der Waals surface area contributed by atoms with Gasteiger partial charge in [-0.05, 0) is 36.4 Å². The standard InChI is InChI=1S/C20H17Cl3N4O8/c21-14-2-5-16(6-3-14)32-10-1-11-33-20(35-27(30)31,17-7-4-15(22)12-18(17)23)19(34-26(28)29)25-9-8-24-13-25/h2-9,12-13,19H,1,10-11H2. The fourth-order valence-electron chi connectivity index (χ4n) is 3.10. The van der Waals surface area contributed by atoms with Gasteiger partial charge in [0.2, 0.25) is 6.23 Å². The molecule has 1 heterocycles. The van der Waals surface area contributed by atoms with Gasteiger partial charge in [0.1, 0.15) is 5.75 Å². The lowest BCUT2D eigenvalue weighted by molar-refractivity contribution is -0.835. The first-order valence-corrected chi connectivity index (χ1v) is 10.9. The average Bonchev–Trinajstić information content (AvgIpc) is 3.32. The fraction of sp³-hybridized carbons (Fsp3) is 0.250. The normalized spacial score (nSPS) is 13.5. The van der Waals surface area contributed by atoms with E-state index in [2.05, 4.69) is 4.98 Å². The van der Waals surface area contributed by atoms with E-state index in [1.165, 1.54) is 30.6 Å². The van der Waals surface area contributed by atoms with Crippen LogP contribution in [0.4, 0.5) is 0 Å². The molecule has 1 aromatic heterocycles. The van der Waals surface area contributed by atoms with E-state index in [4.69, 9.17) is 54.0 Å². The minimum absolute atomic E-state index is 0.117. The minimum atomic E-state index is -2.53. The van der Waals surface area contributed by atoms with E-state index < -0.39 is 22.2 Å². The van der Waals surface area contributed by atoms with Crippen LogP contribution in [0.1, 0.15) is 18.2 Å². The van der Waals surface area contributed by atoms with Gasteiger partial charge in [0.05, 0.1) is 24.6 Å². The summed E-state index contributed by atoms with van der Waals surface area (Å²) in [5.41, 5.74) is -0.139. The van der Waals surface area contributed by atoms with Gasteiger partial charge in [0.25, 0.3) is 16.0 Å². The summed E-state index contributed by atoms with van der Waals surface area (Å²) < 4.78 is 12.5. The Kier molecular flexibility index (Phi) is 8.93. The molecule has 0 amide bonds. The molecule has 0 fully saturated rings. The zero-order chi connectivity index (χ0) is 25.4. The summed E-state index contributed by atoms with van der Waals surface area (Å²) in [7, 11) is 0. The summed E-state index contributed by atoms with van der Waals surface area (Å²) in [5.74, 6) is -1.99. The van der Waals surface area contributed by atoms with Crippen LogP contribution >= 0.6 is 34.8 Å². The smallest absolute Gasteiger partial charge is 0.297 e. The van der Waals surface area contributed by atoms with Crippen LogP contribution in [0.15, 0.2) is 61.2 Å². The molecular weight excluding hydrogens is 531 g/mol. The summed E-state index contributed by atoms with van der Waals surface area (Å²) >= 11 is 18.1. The van der Waals surface area contributed by atoms with Gasteiger partial charge in [-0.15, -0.1) is 20.2 Å². The number of rotatable bonds is 13. The third kappa shape index (κ3) is 6.85. The Morgan fingerprint density at radius 3 is 2.31 bits per heavy atom. The minimum Gasteiger partial charge on any atom is -0.494 e. The van der Waals surface area contributed by atoms with Crippen LogP contribution in [-0.4, -0.2) is 32.9 Å². The second-order valence-corrected chi connectivity index (χ2v) is 8.08. The van der Waals surface area contributed by atoms with E-state index in [0.29, 0.717) is 10.8 Å². The van der Waals surface area contributed by atoms with Gasteiger partial charge in [-0.1, -0.05) is 40.9 Å². The molecule has 0 radical (unpaired) electrons. The van der Waals surface area contributed by atoms with Gasteiger partial charge in [-0.2, -0.15) is 0 Å². The van der Waals surface area contributed by atoms with Crippen molar-refractivity contribution in [1.82, 2.24) is 9.55 Å². The van der Waals surface area contributed by atoms with Crippen molar-refractivity contribution in [1.29, 1.82) is 0 Å². The highest BCUT2D eigenvalue weighted by Gasteiger charge is 2.51. The van der Waals surface area contributed by atoms with Crippen molar-refractivity contribution in [3.63, 3.8) is 0 Å². The molecule has 0 bridgehead atoms.